The minimum absolute atomic E-state index is 0.133. The molecule has 17 heavy (non-hydrogen) atoms. The van der Waals surface area contributed by atoms with Crippen LogP contribution in [-0.2, 0) is 0 Å². The summed E-state index contributed by atoms with van der Waals surface area (Å²) in [6, 6.07) is 8.41. The highest BCUT2D eigenvalue weighted by molar-refractivity contribution is 6.39. The molecule has 2 aromatic rings. The highest BCUT2D eigenvalue weighted by Gasteiger charge is 2.11. The molecule has 1 aromatic heterocycles. The second kappa shape index (κ2) is 5.05. The molecule has 0 spiro atoms. The first-order chi connectivity index (χ1) is 8.13. The highest BCUT2D eigenvalue weighted by atomic mass is 35.5. The van der Waals surface area contributed by atoms with Gasteiger partial charge in [-0.25, -0.2) is 4.98 Å². The number of pyridine rings is 1. The third-order valence-corrected chi connectivity index (χ3v) is 3.16. The number of hydrogen-bond donors (Lipinski definition) is 0. The number of nitrogens with zero attached hydrogens (tertiary/aromatic N) is 1. The molecular formula is C12H6Cl3NO. The van der Waals surface area contributed by atoms with Crippen molar-refractivity contribution < 1.29 is 4.79 Å². The summed E-state index contributed by atoms with van der Waals surface area (Å²) in [6.07, 6.45) is 0.646. The van der Waals surface area contributed by atoms with Crippen LogP contribution < -0.4 is 0 Å². The summed E-state index contributed by atoms with van der Waals surface area (Å²) in [4.78, 5) is 14.7. The Kier molecular flexibility index (Phi) is 3.67. The number of halogens is 3. The number of carbonyl (C=O) groups is 1. The van der Waals surface area contributed by atoms with Crippen LogP contribution in [0.1, 0.15) is 10.4 Å². The average Bonchev–Trinajstić information content (AvgIpc) is 2.29. The van der Waals surface area contributed by atoms with Gasteiger partial charge in [-0.3, -0.25) is 4.79 Å². The van der Waals surface area contributed by atoms with Gasteiger partial charge in [0.15, 0.2) is 6.29 Å². The zero-order valence-corrected chi connectivity index (χ0v) is 10.7. The molecule has 2 nitrogen and oxygen atoms in total. The molecular weight excluding hydrogens is 280 g/mol. The topological polar surface area (TPSA) is 30.0 Å². The number of carbonyl (C=O) groups excluding carboxylic acids is 1. The molecule has 0 aliphatic rings. The molecule has 0 saturated carbocycles. The Morgan fingerprint density at radius 3 is 2.18 bits per heavy atom. The zero-order chi connectivity index (χ0) is 12.4. The second-order valence-electron chi connectivity index (χ2n) is 3.29. The Balaban J connectivity index is 2.61. The van der Waals surface area contributed by atoms with Crippen LogP contribution >= 0.6 is 34.8 Å². The van der Waals surface area contributed by atoms with Gasteiger partial charge in [-0.15, -0.1) is 0 Å². The van der Waals surface area contributed by atoms with E-state index in [2.05, 4.69) is 4.98 Å². The van der Waals surface area contributed by atoms with E-state index in [4.69, 9.17) is 34.8 Å². The van der Waals surface area contributed by atoms with Gasteiger partial charge in [-0.1, -0.05) is 40.9 Å². The van der Waals surface area contributed by atoms with Gasteiger partial charge < -0.3 is 0 Å². The van der Waals surface area contributed by atoms with Gasteiger partial charge in [-0.2, -0.15) is 0 Å². The maximum atomic E-state index is 10.6. The van der Waals surface area contributed by atoms with Gasteiger partial charge in [0.05, 0.1) is 21.3 Å². The summed E-state index contributed by atoms with van der Waals surface area (Å²) in [7, 11) is 0. The van der Waals surface area contributed by atoms with Crippen molar-refractivity contribution in [3.05, 3.63) is 51.1 Å². The fourth-order valence-corrected chi connectivity index (χ4v) is 2.20. The molecule has 0 bridgehead atoms. The molecule has 0 saturated heterocycles. The molecule has 5 heteroatoms. The van der Waals surface area contributed by atoms with Crippen LogP contribution in [0, 0.1) is 0 Å². The third kappa shape index (κ3) is 2.44. The van der Waals surface area contributed by atoms with Crippen LogP contribution in [0.2, 0.25) is 15.2 Å². The van der Waals surface area contributed by atoms with Gasteiger partial charge in [-0.05, 0) is 24.3 Å². The summed E-state index contributed by atoms with van der Waals surface area (Å²) in [5.41, 5.74) is 1.48. The first-order valence-electron chi connectivity index (χ1n) is 4.69. The van der Waals surface area contributed by atoms with E-state index in [1.165, 1.54) is 0 Å². The standard InChI is InChI=1S/C12H6Cl3NO/c13-8-2-1-3-9(14)11(8)10-5-4-7(6-17)12(15)16-10/h1-6H. The Labute approximate surface area is 113 Å². The molecule has 0 unspecified atom stereocenters. The largest absolute Gasteiger partial charge is 0.298 e. The van der Waals surface area contributed by atoms with E-state index in [1.807, 2.05) is 0 Å². The van der Waals surface area contributed by atoms with Crippen molar-refractivity contribution in [3.63, 3.8) is 0 Å². The Hall–Kier alpha value is -1.09. The predicted octanol–water partition coefficient (Wildman–Crippen LogP) is 4.52. The summed E-state index contributed by atoms with van der Waals surface area (Å²) >= 11 is 18.0. The van der Waals surface area contributed by atoms with Crippen molar-refractivity contribution in [2.75, 3.05) is 0 Å². The Morgan fingerprint density at radius 1 is 1.00 bits per heavy atom. The molecule has 1 aromatic carbocycles. The van der Waals surface area contributed by atoms with Crippen LogP contribution in [0.15, 0.2) is 30.3 Å². The number of benzene rings is 1. The van der Waals surface area contributed by atoms with Crippen molar-refractivity contribution in [2.24, 2.45) is 0 Å². The molecule has 1 heterocycles. The highest BCUT2D eigenvalue weighted by Crippen LogP contribution is 2.34. The van der Waals surface area contributed by atoms with Crippen molar-refractivity contribution >= 4 is 41.1 Å². The SMILES string of the molecule is O=Cc1ccc(-c2c(Cl)cccc2Cl)nc1Cl. The summed E-state index contributed by atoms with van der Waals surface area (Å²) in [5, 5.41) is 1.10. The lowest BCUT2D eigenvalue weighted by atomic mass is 10.1. The number of aldehydes is 1. The lowest BCUT2D eigenvalue weighted by Crippen LogP contribution is -1.91. The van der Waals surface area contributed by atoms with E-state index in [1.54, 1.807) is 30.3 Å². The van der Waals surface area contributed by atoms with Gasteiger partial charge >= 0.3 is 0 Å². The van der Waals surface area contributed by atoms with Crippen molar-refractivity contribution in [1.29, 1.82) is 0 Å². The normalized spacial score (nSPS) is 10.3. The van der Waals surface area contributed by atoms with Gasteiger partial charge in [0.2, 0.25) is 0 Å². The number of hydrogen-bond acceptors (Lipinski definition) is 2. The van der Waals surface area contributed by atoms with Crippen molar-refractivity contribution in [1.82, 2.24) is 4.98 Å². The van der Waals surface area contributed by atoms with Gasteiger partial charge in [0.1, 0.15) is 5.15 Å². The molecule has 2 rings (SSSR count). The fraction of sp³-hybridized carbons (Fsp3) is 0. The predicted molar refractivity (Wildman–Crippen MR) is 70.1 cm³/mol. The second-order valence-corrected chi connectivity index (χ2v) is 4.46. The fourth-order valence-electron chi connectivity index (χ4n) is 1.41. The van der Waals surface area contributed by atoms with Crippen LogP contribution in [0.25, 0.3) is 11.3 Å². The van der Waals surface area contributed by atoms with Gasteiger partial charge in [0, 0.05) is 5.56 Å². The maximum absolute atomic E-state index is 10.6. The van der Waals surface area contributed by atoms with E-state index in [-0.39, 0.29) is 5.15 Å². The molecule has 0 radical (unpaired) electrons. The van der Waals surface area contributed by atoms with E-state index in [9.17, 15) is 4.79 Å². The van der Waals surface area contributed by atoms with E-state index < -0.39 is 0 Å². The summed E-state index contributed by atoms with van der Waals surface area (Å²) in [5.74, 6) is 0. The maximum Gasteiger partial charge on any atom is 0.153 e. The van der Waals surface area contributed by atoms with Crippen LogP contribution in [-0.4, -0.2) is 11.3 Å². The van der Waals surface area contributed by atoms with E-state index >= 15 is 0 Å². The first-order valence-corrected chi connectivity index (χ1v) is 5.83. The first kappa shape index (κ1) is 12.4. The molecule has 0 fully saturated rings. The number of rotatable bonds is 2. The van der Waals surface area contributed by atoms with Crippen LogP contribution in [0.4, 0.5) is 0 Å². The minimum Gasteiger partial charge on any atom is -0.298 e. The molecule has 0 aliphatic carbocycles. The Bertz CT molecular complexity index is 564. The molecule has 0 N–H and O–H groups in total. The third-order valence-electron chi connectivity index (χ3n) is 2.22. The summed E-state index contributed by atoms with van der Waals surface area (Å²) < 4.78 is 0. The average molecular weight is 287 g/mol. The zero-order valence-electron chi connectivity index (χ0n) is 8.45. The smallest absolute Gasteiger partial charge is 0.153 e. The monoisotopic (exact) mass is 285 g/mol. The van der Waals surface area contributed by atoms with Gasteiger partial charge in [0.25, 0.3) is 0 Å². The summed E-state index contributed by atoms with van der Waals surface area (Å²) in [6.45, 7) is 0. The lowest BCUT2D eigenvalue weighted by molar-refractivity contribution is 0.112. The van der Waals surface area contributed by atoms with E-state index in [0.717, 1.165) is 0 Å². The quantitative estimate of drug-likeness (QED) is 0.600. The molecule has 0 amide bonds. The molecule has 86 valence electrons. The van der Waals surface area contributed by atoms with Crippen LogP contribution in [0.5, 0.6) is 0 Å². The van der Waals surface area contributed by atoms with E-state index in [0.29, 0.717) is 33.2 Å². The number of aromatic nitrogens is 1. The molecule has 0 aliphatic heterocycles. The van der Waals surface area contributed by atoms with Crippen LogP contribution in [0.3, 0.4) is 0 Å². The minimum atomic E-state index is 0.133. The Morgan fingerprint density at radius 2 is 1.65 bits per heavy atom. The van der Waals surface area contributed by atoms with Crippen molar-refractivity contribution in [2.45, 2.75) is 0 Å². The lowest BCUT2D eigenvalue weighted by Gasteiger charge is -2.07. The van der Waals surface area contributed by atoms with Crippen molar-refractivity contribution in [3.8, 4) is 11.3 Å². The molecule has 0 atom stereocenters.